The number of hydrogen-bond donors (Lipinski definition) is 1. The van der Waals surface area contributed by atoms with Crippen molar-refractivity contribution in [2.24, 2.45) is 0 Å². The Balaban J connectivity index is 1.58. The third-order valence-electron chi connectivity index (χ3n) is 3.17. The van der Waals surface area contributed by atoms with Crippen LogP contribution in [0.3, 0.4) is 0 Å². The lowest BCUT2D eigenvalue weighted by molar-refractivity contribution is 0.401. The maximum atomic E-state index is 4.45. The lowest BCUT2D eigenvalue weighted by Gasteiger charge is -2.10. The molecule has 1 aromatic carbocycles. The van der Waals surface area contributed by atoms with E-state index in [0.29, 0.717) is 5.82 Å². The van der Waals surface area contributed by atoms with E-state index >= 15 is 0 Å². The summed E-state index contributed by atoms with van der Waals surface area (Å²) in [5.41, 5.74) is 0.988. The van der Waals surface area contributed by atoms with Gasteiger partial charge in [-0.15, -0.1) is 21.5 Å². The molecule has 0 radical (unpaired) electrons. The minimum absolute atomic E-state index is 0.162. The molecule has 3 rings (SSSR count). The van der Waals surface area contributed by atoms with Crippen LogP contribution in [0.2, 0.25) is 0 Å². The number of nitrogens with one attached hydrogen (secondary N) is 1. The fourth-order valence-corrected chi connectivity index (χ4v) is 2.69. The SMILES string of the molecule is CC(CNCc1cccs1)n1nnc(-c2ccccc2)n1. The fraction of sp³-hybridized carbons (Fsp3) is 0.267. The van der Waals surface area contributed by atoms with Gasteiger partial charge in [-0.05, 0) is 23.6 Å². The molecule has 5 nitrogen and oxygen atoms in total. The van der Waals surface area contributed by atoms with Crippen molar-refractivity contribution in [2.45, 2.75) is 19.5 Å². The zero-order valence-corrected chi connectivity index (χ0v) is 12.6. The number of thiophene rings is 1. The number of benzene rings is 1. The Hall–Kier alpha value is -2.05. The monoisotopic (exact) mass is 299 g/mol. The van der Waals surface area contributed by atoms with Crippen molar-refractivity contribution >= 4 is 11.3 Å². The number of hydrogen-bond acceptors (Lipinski definition) is 5. The van der Waals surface area contributed by atoms with Crippen LogP contribution in [0.5, 0.6) is 0 Å². The summed E-state index contributed by atoms with van der Waals surface area (Å²) in [6.07, 6.45) is 0. The summed E-state index contributed by atoms with van der Waals surface area (Å²) in [4.78, 5) is 3.00. The molecule has 3 aromatic rings. The normalized spacial score (nSPS) is 12.4. The molecule has 1 N–H and O–H groups in total. The molecule has 6 heteroatoms. The van der Waals surface area contributed by atoms with Gasteiger partial charge in [0.2, 0.25) is 5.82 Å². The molecule has 1 unspecified atom stereocenters. The van der Waals surface area contributed by atoms with Gasteiger partial charge in [0.1, 0.15) is 0 Å². The van der Waals surface area contributed by atoms with Gasteiger partial charge in [0.25, 0.3) is 0 Å². The van der Waals surface area contributed by atoms with E-state index in [4.69, 9.17) is 0 Å². The molecule has 2 heterocycles. The van der Waals surface area contributed by atoms with Crippen LogP contribution in [0.25, 0.3) is 11.4 Å². The standard InChI is InChI=1S/C15H17N5S/c1-12(10-16-11-14-8-5-9-21-14)20-18-15(17-19-20)13-6-3-2-4-7-13/h2-9,12,16H,10-11H2,1H3. The number of aromatic nitrogens is 4. The minimum atomic E-state index is 0.162. The van der Waals surface area contributed by atoms with Gasteiger partial charge in [-0.2, -0.15) is 4.80 Å². The van der Waals surface area contributed by atoms with E-state index in [1.165, 1.54) is 4.88 Å². The highest BCUT2D eigenvalue weighted by Gasteiger charge is 2.10. The van der Waals surface area contributed by atoms with Gasteiger partial charge in [0.15, 0.2) is 0 Å². The van der Waals surface area contributed by atoms with Gasteiger partial charge in [-0.3, -0.25) is 0 Å². The second-order valence-electron chi connectivity index (χ2n) is 4.86. The molecule has 0 aliphatic heterocycles. The van der Waals surface area contributed by atoms with Crippen molar-refractivity contribution < 1.29 is 0 Å². The lowest BCUT2D eigenvalue weighted by atomic mass is 10.2. The molecule has 0 amide bonds. The van der Waals surface area contributed by atoms with E-state index < -0.39 is 0 Å². The van der Waals surface area contributed by atoms with Crippen molar-refractivity contribution in [1.82, 2.24) is 25.5 Å². The molecule has 0 aliphatic rings. The van der Waals surface area contributed by atoms with Crippen molar-refractivity contribution in [3.05, 3.63) is 52.7 Å². The fourth-order valence-electron chi connectivity index (χ4n) is 2.01. The number of tetrazole rings is 1. The highest BCUT2D eigenvalue weighted by molar-refractivity contribution is 7.09. The highest BCUT2D eigenvalue weighted by atomic mass is 32.1. The molecule has 0 spiro atoms. The van der Waals surface area contributed by atoms with Crippen molar-refractivity contribution in [2.75, 3.05) is 6.54 Å². The van der Waals surface area contributed by atoms with Gasteiger partial charge in [-0.25, -0.2) is 0 Å². The summed E-state index contributed by atoms with van der Waals surface area (Å²) >= 11 is 1.76. The molecule has 21 heavy (non-hydrogen) atoms. The molecule has 0 saturated carbocycles. The van der Waals surface area contributed by atoms with Gasteiger partial charge in [-0.1, -0.05) is 36.4 Å². The van der Waals surface area contributed by atoms with Crippen molar-refractivity contribution in [3.63, 3.8) is 0 Å². The Morgan fingerprint density at radius 3 is 2.81 bits per heavy atom. The summed E-state index contributed by atoms with van der Waals surface area (Å²) < 4.78 is 0. The first-order valence-corrected chi connectivity index (χ1v) is 7.79. The third-order valence-corrected chi connectivity index (χ3v) is 4.05. The van der Waals surface area contributed by atoms with Crippen LogP contribution in [0, 0.1) is 0 Å². The van der Waals surface area contributed by atoms with E-state index in [2.05, 4.69) is 45.2 Å². The predicted octanol–water partition coefficient (Wildman–Crippen LogP) is 2.75. The van der Waals surface area contributed by atoms with E-state index in [9.17, 15) is 0 Å². The zero-order valence-electron chi connectivity index (χ0n) is 11.8. The van der Waals surface area contributed by atoms with Gasteiger partial charge < -0.3 is 5.32 Å². The molecule has 2 aromatic heterocycles. The van der Waals surface area contributed by atoms with E-state index in [0.717, 1.165) is 18.7 Å². The summed E-state index contributed by atoms with van der Waals surface area (Å²) in [6.45, 7) is 3.77. The van der Waals surface area contributed by atoms with Crippen molar-refractivity contribution in [3.8, 4) is 11.4 Å². The quantitative estimate of drug-likeness (QED) is 0.760. The molecule has 0 aliphatic carbocycles. The molecule has 108 valence electrons. The first-order valence-electron chi connectivity index (χ1n) is 6.91. The van der Waals surface area contributed by atoms with E-state index in [1.807, 2.05) is 30.3 Å². The predicted molar refractivity (Wildman–Crippen MR) is 84.0 cm³/mol. The largest absolute Gasteiger partial charge is 0.310 e. The second kappa shape index (κ2) is 6.60. The second-order valence-corrected chi connectivity index (χ2v) is 5.89. The van der Waals surface area contributed by atoms with E-state index in [1.54, 1.807) is 16.1 Å². The van der Waals surface area contributed by atoms with Crippen LogP contribution < -0.4 is 5.32 Å². The van der Waals surface area contributed by atoms with Gasteiger partial charge >= 0.3 is 0 Å². The lowest BCUT2D eigenvalue weighted by Crippen LogP contribution is -2.24. The molecular formula is C15H17N5S. The van der Waals surface area contributed by atoms with Crippen LogP contribution in [-0.2, 0) is 6.54 Å². The molecule has 1 atom stereocenters. The Morgan fingerprint density at radius 1 is 1.19 bits per heavy atom. The van der Waals surface area contributed by atoms with Crippen LogP contribution in [-0.4, -0.2) is 26.8 Å². The molecule has 0 saturated heterocycles. The maximum absolute atomic E-state index is 4.45. The zero-order chi connectivity index (χ0) is 14.5. The Bertz CT molecular complexity index is 662. The van der Waals surface area contributed by atoms with Crippen LogP contribution in [0.1, 0.15) is 17.8 Å². The van der Waals surface area contributed by atoms with E-state index in [-0.39, 0.29) is 6.04 Å². The minimum Gasteiger partial charge on any atom is -0.310 e. The molecule has 0 fully saturated rings. The van der Waals surface area contributed by atoms with Crippen molar-refractivity contribution in [1.29, 1.82) is 0 Å². The summed E-state index contributed by atoms with van der Waals surface area (Å²) in [5.74, 6) is 0.667. The Labute approximate surface area is 127 Å². The van der Waals surface area contributed by atoms with Crippen LogP contribution in [0.4, 0.5) is 0 Å². The number of nitrogens with zero attached hydrogens (tertiary/aromatic N) is 4. The summed E-state index contributed by atoms with van der Waals surface area (Å²) in [6, 6.07) is 14.3. The Kier molecular flexibility index (Phi) is 4.37. The Morgan fingerprint density at radius 2 is 2.05 bits per heavy atom. The molecule has 0 bridgehead atoms. The first kappa shape index (κ1) is 13.9. The molecular weight excluding hydrogens is 282 g/mol. The topological polar surface area (TPSA) is 55.6 Å². The third kappa shape index (κ3) is 3.53. The average molecular weight is 299 g/mol. The smallest absolute Gasteiger partial charge is 0.204 e. The van der Waals surface area contributed by atoms with Crippen LogP contribution >= 0.6 is 11.3 Å². The van der Waals surface area contributed by atoms with Gasteiger partial charge in [0, 0.05) is 23.5 Å². The maximum Gasteiger partial charge on any atom is 0.204 e. The average Bonchev–Trinajstić information content (AvgIpc) is 3.20. The van der Waals surface area contributed by atoms with Crippen LogP contribution in [0.15, 0.2) is 47.8 Å². The summed E-state index contributed by atoms with van der Waals surface area (Å²) in [5, 5.41) is 18.2. The highest BCUT2D eigenvalue weighted by Crippen LogP contribution is 2.13. The first-order chi connectivity index (χ1) is 10.3. The number of rotatable bonds is 6. The van der Waals surface area contributed by atoms with Gasteiger partial charge in [0.05, 0.1) is 6.04 Å². The summed E-state index contributed by atoms with van der Waals surface area (Å²) in [7, 11) is 0.